The summed E-state index contributed by atoms with van der Waals surface area (Å²) in [6, 6.07) is 0.579. The van der Waals surface area contributed by atoms with Crippen molar-refractivity contribution in [1.82, 2.24) is 25.5 Å². The van der Waals surface area contributed by atoms with Crippen molar-refractivity contribution in [2.75, 3.05) is 6.54 Å². The van der Waals surface area contributed by atoms with E-state index in [0.717, 1.165) is 30.7 Å². The van der Waals surface area contributed by atoms with Gasteiger partial charge >= 0.3 is 0 Å². The van der Waals surface area contributed by atoms with Crippen LogP contribution in [0.2, 0.25) is 0 Å². The first kappa shape index (κ1) is 12.1. The summed E-state index contributed by atoms with van der Waals surface area (Å²) in [6.07, 6.45) is 5.44. The van der Waals surface area contributed by atoms with Crippen molar-refractivity contribution in [1.29, 1.82) is 0 Å². The molecule has 1 heterocycles. The molecule has 0 radical (unpaired) electrons. The maximum atomic E-state index is 4.25. The van der Waals surface area contributed by atoms with E-state index >= 15 is 0 Å². The molecule has 0 unspecified atom stereocenters. The summed E-state index contributed by atoms with van der Waals surface area (Å²) in [5.41, 5.74) is 0. The zero-order valence-corrected chi connectivity index (χ0v) is 11.3. The first-order valence-electron chi connectivity index (χ1n) is 7.23. The van der Waals surface area contributed by atoms with E-state index in [0.29, 0.717) is 12.0 Å². The number of nitrogens with one attached hydrogen (secondary N) is 1. The molecule has 0 bridgehead atoms. The highest BCUT2D eigenvalue weighted by Gasteiger charge is 2.44. The van der Waals surface area contributed by atoms with Crippen LogP contribution in [0.4, 0.5) is 0 Å². The van der Waals surface area contributed by atoms with E-state index < -0.39 is 0 Å². The average molecular weight is 249 g/mol. The van der Waals surface area contributed by atoms with E-state index in [1.54, 1.807) is 0 Å². The lowest BCUT2D eigenvalue weighted by atomic mass is 10.1. The smallest absolute Gasteiger partial charge is 0.165 e. The first-order valence-corrected chi connectivity index (χ1v) is 7.23. The van der Waals surface area contributed by atoms with Gasteiger partial charge in [0.1, 0.15) is 0 Å². The molecule has 18 heavy (non-hydrogen) atoms. The fourth-order valence-corrected chi connectivity index (χ4v) is 2.69. The van der Waals surface area contributed by atoms with Crippen LogP contribution in [0.3, 0.4) is 0 Å². The quantitative estimate of drug-likeness (QED) is 0.800. The van der Waals surface area contributed by atoms with E-state index in [4.69, 9.17) is 0 Å². The van der Waals surface area contributed by atoms with Gasteiger partial charge in [-0.15, -0.1) is 5.10 Å². The largest absolute Gasteiger partial charge is 0.310 e. The molecule has 0 atom stereocenters. The maximum absolute atomic E-state index is 4.25. The van der Waals surface area contributed by atoms with Crippen LogP contribution in [0.5, 0.6) is 0 Å². The van der Waals surface area contributed by atoms with Crippen LogP contribution in [0.1, 0.15) is 51.4 Å². The molecule has 100 valence electrons. The second kappa shape index (κ2) is 4.96. The van der Waals surface area contributed by atoms with E-state index in [1.165, 1.54) is 25.7 Å². The number of aromatic nitrogens is 4. The number of hydrogen-bond donors (Lipinski definition) is 1. The van der Waals surface area contributed by atoms with Gasteiger partial charge in [0.25, 0.3) is 0 Å². The Morgan fingerprint density at radius 3 is 2.44 bits per heavy atom. The second-order valence-corrected chi connectivity index (χ2v) is 6.23. The summed E-state index contributed by atoms with van der Waals surface area (Å²) < 4.78 is 2.11. The summed E-state index contributed by atoms with van der Waals surface area (Å²) >= 11 is 0. The summed E-state index contributed by atoms with van der Waals surface area (Å²) in [6.45, 7) is 6.24. The molecule has 1 aromatic heterocycles. The Morgan fingerprint density at radius 1 is 1.22 bits per heavy atom. The topological polar surface area (TPSA) is 55.6 Å². The minimum atomic E-state index is 0.579. The van der Waals surface area contributed by atoms with Crippen LogP contribution in [0, 0.1) is 17.8 Å². The van der Waals surface area contributed by atoms with Crippen molar-refractivity contribution < 1.29 is 0 Å². The lowest BCUT2D eigenvalue weighted by molar-refractivity contribution is 0.339. The summed E-state index contributed by atoms with van der Waals surface area (Å²) in [7, 11) is 0. The molecule has 0 aliphatic heterocycles. The van der Waals surface area contributed by atoms with Gasteiger partial charge in [-0.3, -0.25) is 0 Å². The third-order valence-electron chi connectivity index (χ3n) is 3.89. The van der Waals surface area contributed by atoms with Gasteiger partial charge in [-0.1, -0.05) is 13.8 Å². The summed E-state index contributed by atoms with van der Waals surface area (Å²) in [4.78, 5) is 0. The standard InChI is InChI=1S/C13H23N5/c1-9(2)7-14-8-12-15-16-17-18(12)13(10-3-4-10)11-5-6-11/h9-11,13-14H,3-8H2,1-2H3. The van der Waals surface area contributed by atoms with Gasteiger partial charge in [0.15, 0.2) is 5.82 Å². The van der Waals surface area contributed by atoms with Crippen LogP contribution in [0.15, 0.2) is 0 Å². The van der Waals surface area contributed by atoms with Crippen molar-refractivity contribution in [2.45, 2.75) is 52.1 Å². The zero-order chi connectivity index (χ0) is 12.5. The normalized spacial score (nSPS) is 20.0. The molecule has 0 saturated heterocycles. The molecule has 5 nitrogen and oxygen atoms in total. The van der Waals surface area contributed by atoms with Gasteiger partial charge in [-0.2, -0.15) is 0 Å². The Morgan fingerprint density at radius 2 is 1.89 bits per heavy atom. The molecular formula is C13H23N5. The van der Waals surface area contributed by atoms with Crippen molar-refractivity contribution in [3.05, 3.63) is 5.82 Å². The van der Waals surface area contributed by atoms with E-state index in [2.05, 4.69) is 39.4 Å². The fraction of sp³-hybridized carbons (Fsp3) is 0.923. The zero-order valence-electron chi connectivity index (χ0n) is 11.3. The van der Waals surface area contributed by atoms with E-state index in [-0.39, 0.29) is 0 Å². The molecule has 5 heteroatoms. The molecular weight excluding hydrogens is 226 g/mol. The Balaban J connectivity index is 1.65. The van der Waals surface area contributed by atoms with E-state index in [9.17, 15) is 0 Å². The Labute approximate surface area is 108 Å². The first-order chi connectivity index (χ1) is 8.75. The molecule has 3 rings (SSSR count). The van der Waals surface area contributed by atoms with Crippen LogP contribution in [-0.4, -0.2) is 26.8 Å². The van der Waals surface area contributed by atoms with Crippen molar-refractivity contribution in [3.63, 3.8) is 0 Å². The maximum Gasteiger partial charge on any atom is 0.165 e. The van der Waals surface area contributed by atoms with Crippen LogP contribution >= 0.6 is 0 Å². The van der Waals surface area contributed by atoms with Gasteiger partial charge in [-0.25, -0.2) is 4.68 Å². The third kappa shape index (κ3) is 2.71. The highest BCUT2D eigenvalue weighted by Crippen LogP contribution is 2.51. The second-order valence-electron chi connectivity index (χ2n) is 6.23. The molecule has 2 aliphatic carbocycles. The SMILES string of the molecule is CC(C)CNCc1nnnn1C(C1CC1)C1CC1. The molecule has 1 N–H and O–H groups in total. The molecule has 2 saturated carbocycles. The van der Waals surface area contributed by atoms with Crippen molar-refractivity contribution >= 4 is 0 Å². The Bertz CT molecular complexity index is 380. The van der Waals surface area contributed by atoms with Crippen LogP contribution in [0.25, 0.3) is 0 Å². The minimum absolute atomic E-state index is 0.579. The van der Waals surface area contributed by atoms with Gasteiger partial charge in [0.05, 0.1) is 12.6 Å². The highest BCUT2D eigenvalue weighted by molar-refractivity contribution is 4.98. The molecule has 2 fully saturated rings. The predicted molar refractivity (Wildman–Crippen MR) is 68.8 cm³/mol. The fourth-order valence-electron chi connectivity index (χ4n) is 2.69. The highest BCUT2D eigenvalue weighted by atomic mass is 15.6. The average Bonchev–Trinajstić information content (AvgIpc) is 3.21. The lowest BCUT2D eigenvalue weighted by Gasteiger charge is -2.17. The van der Waals surface area contributed by atoms with Gasteiger partial charge in [0, 0.05) is 0 Å². The molecule has 0 spiro atoms. The Hall–Kier alpha value is -0.970. The van der Waals surface area contributed by atoms with Crippen LogP contribution in [-0.2, 0) is 6.54 Å². The predicted octanol–water partition coefficient (Wildman–Crippen LogP) is 1.78. The van der Waals surface area contributed by atoms with Crippen LogP contribution < -0.4 is 5.32 Å². The van der Waals surface area contributed by atoms with Gasteiger partial charge in [0.2, 0.25) is 0 Å². The molecule has 0 amide bonds. The monoisotopic (exact) mass is 249 g/mol. The van der Waals surface area contributed by atoms with Crippen molar-refractivity contribution in [3.8, 4) is 0 Å². The lowest BCUT2D eigenvalue weighted by Crippen LogP contribution is -2.24. The summed E-state index contributed by atoms with van der Waals surface area (Å²) in [5.74, 6) is 3.35. The molecule has 2 aliphatic rings. The Kier molecular flexibility index (Phi) is 3.33. The van der Waals surface area contributed by atoms with Crippen molar-refractivity contribution in [2.24, 2.45) is 17.8 Å². The van der Waals surface area contributed by atoms with Gasteiger partial charge in [-0.05, 0) is 60.4 Å². The summed E-state index contributed by atoms with van der Waals surface area (Å²) in [5, 5.41) is 15.8. The third-order valence-corrected chi connectivity index (χ3v) is 3.89. The molecule has 1 aromatic rings. The number of hydrogen-bond acceptors (Lipinski definition) is 4. The molecule has 0 aromatic carbocycles. The number of tetrazole rings is 1. The minimum Gasteiger partial charge on any atom is -0.310 e. The number of rotatable bonds is 7. The van der Waals surface area contributed by atoms with Gasteiger partial charge < -0.3 is 5.32 Å². The number of nitrogens with zero attached hydrogens (tertiary/aromatic N) is 4. The van der Waals surface area contributed by atoms with E-state index in [1.807, 2.05) is 0 Å².